The third kappa shape index (κ3) is 21.8. The van der Waals surface area contributed by atoms with Gasteiger partial charge >= 0.3 is 41.5 Å². The van der Waals surface area contributed by atoms with Gasteiger partial charge in [-0.2, -0.15) is 0 Å². The molecule has 0 spiro atoms. The molecule has 0 aromatic heterocycles. The second kappa shape index (κ2) is 22.8. The Hall–Kier alpha value is -0.850. The van der Waals surface area contributed by atoms with E-state index >= 15 is 0 Å². The molecule has 7 heteroatoms. The molecule has 3 N–H and O–H groups in total. The van der Waals surface area contributed by atoms with Gasteiger partial charge < -0.3 is 15.5 Å². The summed E-state index contributed by atoms with van der Waals surface area (Å²) in [6.07, 6.45) is 19.9. The molecular formula is C23H42NNaO5. The molecule has 170 valence electrons. The number of rotatable bonds is 20. The molecule has 0 aromatic rings. The summed E-state index contributed by atoms with van der Waals surface area (Å²) in [6, 6.07) is -1.12. The summed E-state index contributed by atoms with van der Waals surface area (Å²) in [7, 11) is 0. The molecule has 30 heavy (non-hydrogen) atoms. The van der Waals surface area contributed by atoms with Gasteiger partial charge in [0.2, 0.25) is 5.91 Å². The zero-order chi connectivity index (χ0) is 21.7. The fourth-order valence-electron chi connectivity index (χ4n) is 3.15. The molecule has 0 radical (unpaired) electrons. The molecule has 0 heterocycles. The van der Waals surface area contributed by atoms with Gasteiger partial charge in [-0.15, -0.1) is 0 Å². The Kier molecular flexibility index (Phi) is 23.8. The molecule has 0 saturated carbocycles. The first kappa shape index (κ1) is 31.3. The van der Waals surface area contributed by atoms with E-state index in [2.05, 4.69) is 24.4 Å². The average molecular weight is 436 g/mol. The van der Waals surface area contributed by atoms with Crippen LogP contribution in [-0.4, -0.2) is 63.7 Å². The molecule has 0 fully saturated rings. The average Bonchev–Trinajstić information content (AvgIpc) is 2.67. The van der Waals surface area contributed by atoms with Crippen molar-refractivity contribution in [1.29, 1.82) is 0 Å². The second-order valence-electron chi connectivity index (χ2n) is 7.73. The van der Waals surface area contributed by atoms with E-state index in [1.807, 2.05) is 0 Å². The van der Waals surface area contributed by atoms with Crippen LogP contribution in [0.25, 0.3) is 0 Å². The van der Waals surface area contributed by atoms with Crippen molar-refractivity contribution >= 4 is 47.4 Å². The Morgan fingerprint density at radius 3 is 1.77 bits per heavy atom. The topological polar surface area (TPSA) is 104 Å². The van der Waals surface area contributed by atoms with E-state index in [0.717, 1.165) is 38.5 Å². The Bertz CT molecular complexity index is 482. The first-order valence-electron chi connectivity index (χ1n) is 11.4. The molecule has 1 atom stereocenters. The molecule has 0 rings (SSSR count). The fourth-order valence-corrected chi connectivity index (χ4v) is 3.15. The monoisotopic (exact) mass is 435 g/mol. The normalized spacial score (nSPS) is 11.8. The van der Waals surface area contributed by atoms with Crippen LogP contribution in [0.1, 0.15) is 110 Å². The van der Waals surface area contributed by atoms with Crippen LogP contribution in [0.5, 0.6) is 0 Å². The van der Waals surface area contributed by atoms with E-state index in [1.165, 1.54) is 44.9 Å². The minimum atomic E-state index is -1.19. The van der Waals surface area contributed by atoms with Crippen molar-refractivity contribution in [3.63, 3.8) is 0 Å². The number of hydrogen-bond donors (Lipinski definition) is 3. The van der Waals surface area contributed by atoms with Gasteiger partial charge in [-0.1, -0.05) is 70.4 Å². The number of nitrogens with one attached hydrogen (secondary N) is 1. The zero-order valence-electron chi connectivity index (χ0n) is 18.2. The maximum atomic E-state index is 11.8. The first-order chi connectivity index (χ1) is 14.0. The number of carboxylic acids is 2. The molecule has 0 saturated heterocycles. The first-order valence-corrected chi connectivity index (χ1v) is 11.4. The van der Waals surface area contributed by atoms with Gasteiger partial charge in [-0.05, 0) is 38.5 Å². The summed E-state index contributed by atoms with van der Waals surface area (Å²) in [6.45, 7) is 2.24. The fraction of sp³-hybridized carbons (Fsp3) is 0.783. The van der Waals surface area contributed by atoms with Crippen molar-refractivity contribution in [3.8, 4) is 0 Å². The molecule has 0 aliphatic carbocycles. The standard InChI is InChI=1S/C23H41NO5.Na.H/c1-2-3-4-5-6-7-8-9-10-11-12-13-14-15-16-17-21(25)24-20(23(28)29)18-19-22(26)27;;/h9-10,20H,2-8,11-19H2,1H3,(H,24,25)(H,26,27)(H,28,29);;/b10-9-;;. The van der Waals surface area contributed by atoms with Gasteiger partial charge in [0, 0.05) is 12.8 Å². The predicted molar refractivity (Wildman–Crippen MR) is 123 cm³/mol. The van der Waals surface area contributed by atoms with Crippen LogP contribution < -0.4 is 5.32 Å². The van der Waals surface area contributed by atoms with Crippen molar-refractivity contribution in [2.24, 2.45) is 0 Å². The van der Waals surface area contributed by atoms with E-state index in [0.29, 0.717) is 0 Å². The number of carbonyl (C=O) groups excluding carboxylic acids is 1. The van der Waals surface area contributed by atoms with Gasteiger partial charge in [0.25, 0.3) is 0 Å². The van der Waals surface area contributed by atoms with E-state index < -0.39 is 18.0 Å². The van der Waals surface area contributed by atoms with Gasteiger partial charge in [-0.3, -0.25) is 9.59 Å². The number of hydrogen-bond acceptors (Lipinski definition) is 3. The number of allylic oxidation sites excluding steroid dienone is 2. The van der Waals surface area contributed by atoms with Crippen LogP contribution >= 0.6 is 0 Å². The Morgan fingerprint density at radius 2 is 1.27 bits per heavy atom. The molecule has 6 nitrogen and oxygen atoms in total. The Balaban J connectivity index is 0. The second-order valence-corrected chi connectivity index (χ2v) is 7.73. The number of amides is 1. The third-order valence-corrected chi connectivity index (χ3v) is 4.95. The Labute approximate surface area is 204 Å². The van der Waals surface area contributed by atoms with E-state index in [9.17, 15) is 14.4 Å². The van der Waals surface area contributed by atoms with E-state index in [-0.39, 0.29) is 54.7 Å². The number of unbranched alkanes of at least 4 members (excludes halogenated alkanes) is 11. The van der Waals surface area contributed by atoms with Crippen molar-refractivity contribution in [1.82, 2.24) is 5.32 Å². The maximum absolute atomic E-state index is 11.8. The molecule has 0 aliphatic rings. The Morgan fingerprint density at radius 1 is 0.767 bits per heavy atom. The van der Waals surface area contributed by atoms with Crippen molar-refractivity contribution in [2.45, 2.75) is 116 Å². The molecular weight excluding hydrogens is 393 g/mol. The summed E-state index contributed by atoms with van der Waals surface area (Å²) in [4.78, 5) is 33.4. The van der Waals surface area contributed by atoms with E-state index in [1.54, 1.807) is 0 Å². The van der Waals surface area contributed by atoms with Crippen LogP contribution in [0.15, 0.2) is 12.2 Å². The van der Waals surface area contributed by atoms with Crippen LogP contribution in [0.3, 0.4) is 0 Å². The van der Waals surface area contributed by atoms with Crippen molar-refractivity contribution in [2.75, 3.05) is 0 Å². The summed E-state index contributed by atoms with van der Waals surface area (Å²) >= 11 is 0. The predicted octanol–water partition coefficient (Wildman–Crippen LogP) is 4.81. The van der Waals surface area contributed by atoms with E-state index in [4.69, 9.17) is 10.2 Å². The third-order valence-electron chi connectivity index (χ3n) is 4.95. The summed E-state index contributed by atoms with van der Waals surface area (Å²) in [5.41, 5.74) is 0. The van der Waals surface area contributed by atoms with Gasteiger partial charge in [0.05, 0.1) is 0 Å². The van der Waals surface area contributed by atoms with Crippen LogP contribution in [0.4, 0.5) is 0 Å². The quantitative estimate of drug-likeness (QED) is 0.145. The van der Waals surface area contributed by atoms with Crippen molar-refractivity contribution in [3.05, 3.63) is 12.2 Å². The molecule has 0 aromatic carbocycles. The van der Waals surface area contributed by atoms with Gasteiger partial charge in [0.1, 0.15) is 6.04 Å². The minimum absolute atomic E-state index is 0. The summed E-state index contributed by atoms with van der Waals surface area (Å²) < 4.78 is 0. The van der Waals surface area contributed by atoms with Crippen LogP contribution in [0.2, 0.25) is 0 Å². The molecule has 0 bridgehead atoms. The molecule has 0 aliphatic heterocycles. The number of carboxylic acid groups (broad SMARTS) is 2. The van der Waals surface area contributed by atoms with Crippen LogP contribution in [0, 0.1) is 0 Å². The van der Waals surface area contributed by atoms with Gasteiger partial charge in [0.15, 0.2) is 0 Å². The number of carbonyl (C=O) groups is 3. The number of aliphatic carboxylic acids is 2. The van der Waals surface area contributed by atoms with Gasteiger partial charge in [-0.25, -0.2) is 4.79 Å². The summed E-state index contributed by atoms with van der Waals surface area (Å²) in [5.74, 6) is -2.58. The molecule has 1 unspecified atom stereocenters. The SMILES string of the molecule is CCCCCCCC/C=C\CCCCCCCC(=O)NC(CCC(=O)O)C(=O)O.[NaH]. The van der Waals surface area contributed by atoms with Crippen molar-refractivity contribution < 1.29 is 24.6 Å². The molecule has 1 amide bonds. The zero-order valence-corrected chi connectivity index (χ0v) is 18.2. The summed E-state index contributed by atoms with van der Waals surface area (Å²) in [5, 5.41) is 20.1. The van der Waals surface area contributed by atoms with Crippen LogP contribution in [-0.2, 0) is 14.4 Å².